The third-order valence-corrected chi connectivity index (χ3v) is 3.76. The van der Waals surface area contributed by atoms with E-state index in [1.165, 1.54) is 12.1 Å². The van der Waals surface area contributed by atoms with Gasteiger partial charge in [-0.05, 0) is 18.1 Å². The van der Waals surface area contributed by atoms with E-state index in [1.807, 2.05) is 0 Å². The number of rotatable bonds is 2. The summed E-state index contributed by atoms with van der Waals surface area (Å²) in [6, 6.07) is 7.37. The highest BCUT2D eigenvalue weighted by Crippen LogP contribution is 2.56. The summed E-state index contributed by atoms with van der Waals surface area (Å²) in [5, 5.41) is 0. The Morgan fingerprint density at radius 1 is 0.708 bits per heavy atom. The molecular weight excluding hydrogens is 332 g/mol. The summed E-state index contributed by atoms with van der Waals surface area (Å²) in [4.78, 5) is 2.99. The van der Waals surface area contributed by atoms with Crippen LogP contribution in [0.15, 0.2) is 48.5 Å². The molecule has 0 saturated carbocycles. The molecule has 0 bridgehead atoms. The Kier molecular flexibility index (Phi) is 4.36. The van der Waals surface area contributed by atoms with Gasteiger partial charge in [-0.3, -0.25) is 0 Å². The van der Waals surface area contributed by atoms with Crippen LogP contribution in [-0.4, -0.2) is 12.4 Å². The zero-order valence-corrected chi connectivity index (χ0v) is 12.3. The van der Waals surface area contributed by atoms with Gasteiger partial charge >= 0.3 is 12.4 Å². The Morgan fingerprint density at radius 2 is 1.08 bits per heavy atom. The van der Waals surface area contributed by atoms with Gasteiger partial charge in [0, 0.05) is 0 Å². The summed E-state index contributed by atoms with van der Waals surface area (Å²) in [5.41, 5.74) is -5.54. The molecule has 7 heteroatoms. The second kappa shape index (κ2) is 5.86. The highest BCUT2D eigenvalue weighted by Gasteiger charge is 2.72. The van der Waals surface area contributed by atoms with Gasteiger partial charge in [-0.15, -0.1) is 0 Å². The topological polar surface area (TPSA) is 4.36 Å². The van der Waals surface area contributed by atoms with Crippen LogP contribution < -0.4 is 0 Å². The summed E-state index contributed by atoms with van der Waals surface area (Å²) in [6.07, 6.45) is -11.2. The van der Waals surface area contributed by atoms with Gasteiger partial charge in [0.15, 0.2) is 5.69 Å². The number of aryl methyl sites for hydroxylation is 1. The van der Waals surface area contributed by atoms with Crippen molar-refractivity contribution in [2.75, 3.05) is 0 Å². The van der Waals surface area contributed by atoms with E-state index in [1.54, 1.807) is 6.92 Å². The molecule has 0 heterocycles. The SMILES string of the molecule is [C-]#[N+]c1ccc(C(c2ccc(C)cc2)(C(F)(F)F)C(F)(F)F)cc1. The second-order valence-corrected chi connectivity index (χ2v) is 5.27. The number of hydrogen-bond acceptors (Lipinski definition) is 0. The number of benzene rings is 2. The fourth-order valence-electron chi connectivity index (χ4n) is 2.57. The van der Waals surface area contributed by atoms with Crippen LogP contribution in [0.4, 0.5) is 32.0 Å². The van der Waals surface area contributed by atoms with Gasteiger partial charge in [0.05, 0.1) is 6.57 Å². The fourth-order valence-corrected chi connectivity index (χ4v) is 2.57. The van der Waals surface area contributed by atoms with Gasteiger partial charge in [0.2, 0.25) is 5.41 Å². The Balaban J connectivity index is 2.86. The molecule has 2 aromatic carbocycles. The van der Waals surface area contributed by atoms with Crippen molar-refractivity contribution >= 4 is 5.69 Å². The molecule has 0 unspecified atom stereocenters. The van der Waals surface area contributed by atoms with Gasteiger partial charge in [-0.1, -0.05) is 54.1 Å². The van der Waals surface area contributed by atoms with Crippen molar-refractivity contribution < 1.29 is 26.3 Å². The van der Waals surface area contributed by atoms with E-state index in [9.17, 15) is 26.3 Å². The van der Waals surface area contributed by atoms with Crippen LogP contribution in [0.5, 0.6) is 0 Å². The summed E-state index contributed by atoms with van der Waals surface area (Å²) >= 11 is 0. The average molecular weight is 343 g/mol. The Bertz CT molecular complexity index is 734. The van der Waals surface area contributed by atoms with E-state index in [0.29, 0.717) is 17.7 Å². The van der Waals surface area contributed by atoms with Crippen molar-refractivity contribution in [1.29, 1.82) is 0 Å². The molecule has 0 fully saturated rings. The molecule has 0 radical (unpaired) electrons. The van der Waals surface area contributed by atoms with E-state index in [4.69, 9.17) is 6.57 Å². The Morgan fingerprint density at radius 3 is 1.42 bits per heavy atom. The Hall–Kier alpha value is -2.49. The summed E-state index contributed by atoms with van der Waals surface area (Å²) in [7, 11) is 0. The number of halogens is 6. The van der Waals surface area contributed by atoms with E-state index < -0.39 is 28.9 Å². The molecule has 2 aromatic rings. The van der Waals surface area contributed by atoms with Crippen molar-refractivity contribution in [2.45, 2.75) is 24.7 Å². The highest BCUT2D eigenvalue weighted by atomic mass is 19.4. The first-order valence-electron chi connectivity index (χ1n) is 6.72. The predicted molar refractivity (Wildman–Crippen MR) is 76.8 cm³/mol. The maximum Gasteiger partial charge on any atom is 0.411 e. The van der Waals surface area contributed by atoms with E-state index in [0.717, 1.165) is 24.3 Å². The summed E-state index contributed by atoms with van der Waals surface area (Å²) in [5.74, 6) is 0. The highest BCUT2D eigenvalue weighted by molar-refractivity contribution is 5.51. The second-order valence-electron chi connectivity index (χ2n) is 5.27. The lowest BCUT2D eigenvalue weighted by atomic mass is 9.72. The molecule has 0 N–H and O–H groups in total. The molecule has 126 valence electrons. The lowest BCUT2D eigenvalue weighted by Gasteiger charge is -2.38. The molecule has 0 spiro atoms. The van der Waals surface area contributed by atoms with Crippen LogP contribution in [0, 0.1) is 13.5 Å². The van der Waals surface area contributed by atoms with E-state index in [-0.39, 0.29) is 5.69 Å². The van der Waals surface area contributed by atoms with E-state index >= 15 is 0 Å². The molecule has 0 aliphatic carbocycles. The van der Waals surface area contributed by atoms with Crippen LogP contribution in [0.2, 0.25) is 0 Å². The molecule has 0 aliphatic rings. The lowest BCUT2D eigenvalue weighted by molar-refractivity contribution is -0.288. The van der Waals surface area contributed by atoms with Gasteiger partial charge < -0.3 is 0 Å². The van der Waals surface area contributed by atoms with E-state index in [2.05, 4.69) is 4.85 Å². The molecule has 0 saturated heterocycles. The monoisotopic (exact) mass is 343 g/mol. The third kappa shape index (κ3) is 2.73. The zero-order chi connectivity index (χ0) is 18.2. The van der Waals surface area contributed by atoms with Crippen LogP contribution in [0.1, 0.15) is 16.7 Å². The predicted octanol–water partition coefficient (Wildman–Crippen LogP) is 5.96. The molecule has 0 aliphatic heterocycles. The lowest BCUT2D eigenvalue weighted by Crippen LogP contribution is -2.54. The minimum atomic E-state index is -5.61. The van der Waals surface area contributed by atoms with Gasteiger partial charge in [0.25, 0.3) is 0 Å². The normalized spacial score (nSPS) is 12.8. The molecule has 1 nitrogen and oxygen atoms in total. The average Bonchev–Trinajstić information content (AvgIpc) is 2.47. The largest absolute Gasteiger partial charge is 0.411 e. The van der Waals surface area contributed by atoms with Gasteiger partial charge in [-0.2, -0.15) is 26.3 Å². The number of alkyl halides is 6. The van der Waals surface area contributed by atoms with Crippen LogP contribution in [0.25, 0.3) is 4.85 Å². The maximum absolute atomic E-state index is 13.7. The minimum Gasteiger partial charge on any atom is -0.238 e. The van der Waals surface area contributed by atoms with Crippen molar-refractivity contribution in [3.8, 4) is 0 Å². The van der Waals surface area contributed by atoms with Crippen LogP contribution >= 0.6 is 0 Å². The first-order chi connectivity index (χ1) is 11.0. The van der Waals surface area contributed by atoms with Crippen molar-refractivity contribution in [1.82, 2.24) is 0 Å². The number of nitrogens with zero attached hydrogens (tertiary/aromatic N) is 1. The van der Waals surface area contributed by atoms with Crippen molar-refractivity contribution in [2.24, 2.45) is 0 Å². The standard InChI is InChI=1S/C17H11F6N/c1-11-3-5-12(6-4-11)15(16(18,19)20,17(21,22)23)13-7-9-14(24-2)10-8-13/h3-10H,1H3. The number of hydrogen-bond donors (Lipinski definition) is 0. The fraction of sp³-hybridized carbons (Fsp3) is 0.235. The quantitative estimate of drug-likeness (QED) is 0.468. The third-order valence-electron chi connectivity index (χ3n) is 3.76. The summed E-state index contributed by atoms with van der Waals surface area (Å²) in [6.45, 7) is 8.35. The molecular formula is C17H11F6N. The molecule has 0 amide bonds. The van der Waals surface area contributed by atoms with Gasteiger partial charge in [-0.25, -0.2) is 4.85 Å². The maximum atomic E-state index is 13.7. The van der Waals surface area contributed by atoms with Crippen molar-refractivity contribution in [3.05, 3.63) is 76.6 Å². The van der Waals surface area contributed by atoms with Crippen LogP contribution in [0.3, 0.4) is 0 Å². The van der Waals surface area contributed by atoms with Gasteiger partial charge in [0.1, 0.15) is 0 Å². The smallest absolute Gasteiger partial charge is 0.238 e. The first kappa shape index (κ1) is 17.9. The Labute approximate surface area is 134 Å². The van der Waals surface area contributed by atoms with Crippen molar-refractivity contribution in [3.63, 3.8) is 0 Å². The van der Waals surface area contributed by atoms with Crippen LogP contribution in [-0.2, 0) is 5.41 Å². The molecule has 0 aromatic heterocycles. The minimum absolute atomic E-state index is 0.0408. The zero-order valence-electron chi connectivity index (χ0n) is 12.3. The molecule has 0 atom stereocenters. The molecule has 2 rings (SSSR count). The first-order valence-corrected chi connectivity index (χ1v) is 6.72. The molecule has 24 heavy (non-hydrogen) atoms. The summed E-state index contributed by atoms with van der Waals surface area (Å²) < 4.78 is 82.5.